The Hall–Kier alpha value is -3.15. The monoisotopic (exact) mass is 410 g/mol. The van der Waals surface area contributed by atoms with Gasteiger partial charge in [0.25, 0.3) is 0 Å². The largest absolute Gasteiger partial charge is 0.337 e. The number of hydrogen-bond donors (Lipinski definition) is 0. The molecule has 3 aliphatic rings. The zero-order valence-electron chi connectivity index (χ0n) is 17.7. The molecule has 5 rings (SSSR count). The first-order chi connectivity index (χ1) is 15.1. The zero-order chi connectivity index (χ0) is 21.4. The third kappa shape index (κ3) is 3.82. The van der Waals surface area contributed by atoms with Crippen LogP contribution in [0.3, 0.4) is 0 Å². The Kier molecular flexibility index (Phi) is 5.22. The molecule has 31 heavy (non-hydrogen) atoms. The van der Waals surface area contributed by atoms with Crippen molar-refractivity contribution in [2.75, 3.05) is 19.6 Å². The van der Waals surface area contributed by atoms with Gasteiger partial charge in [0, 0.05) is 25.2 Å². The van der Waals surface area contributed by atoms with Crippen LogP contribution in [0.1, 0.15) is 46.2 Å². The molecule has 1 unspecified atom stereocenters. The number of nitrogens with zero attached hydrogens (tertiary/aromatic N) is 4. The Morgan fingerprint density at radius 2 is 1.35 bits per heavy atom. The van der Waals surface area contributed by atoms with E-state index in [1.807, 2.05) is 24.3 Å². The highest BCUT2D eigenvalue weighted by atomic mass is 16.2. The van der Waals surface area contributed by atoms with Gasteiger partial charge in [-0.1, -0.05) is 12.1 Å². The van der Waals surface area contributed by atoms with E-state index in [2.05, 4.69) is 34.1 Å². The van der Waals surface area contributed by atoms with Crippen molar-refractivity contribution in [1.29, 1.82) is 10.5 Å². The Labute approximate surface area is 183 Å². The van der Waals surface area contributed by atoms with E-state index in [1.54, 1.807) is 0 Å². The van der Waals surface area contributed by atoms with Crippen LogP contribution in [0.4, 0.5) is 0 Å². The first kappa shape index (κ1) is 19.8. The minimum Gasteiger partial charge on any atom is -0.337 e. The highest BCUT2D eigenvalue weighted by molar-refractivity contribution is 5.79. The van der Waals surface area contributed by atoms with Crippen LogP contribution in [0.2, 0.25) is 0 Å². The lowest BCUT2D eigenvalue weighted by Crippen LogP contribution is -2.58. The van der Waals surface area contributed by atoms with Crippen LogP contribution in [0.25, 0.3) is 0 Å². The number of benzene rings is 2. The predicted octanol–water partition coefficient (Wildman–Crippen LogP) is 2.99. The second kappa shape index (κ2) is 8.17. The summed E-state index contributed by atoms with van der Waals surface area (Å²) >= 11 is 0. The molecule has 2 aromatic carbocycles. The average molecular weight is 411 g/mol. The summed E-state index contributed by atoms with van der Waals surface area (Å²) < 4.78 is 0. The van der Waals surface area contributed by atoms with Crippen LogP contribution in [-0.2, 0) is 30.5 Å². The molecule has 5 heteroatoms. The fourth-order valence-electron chi connectivity index (χ4n) is 5.59. The van der Waals surface area contributed by atoms with Gasteiger partial charge in [-0.05, 0) is 85.0 Å². The van der Waals surface area contributed by atoms with Crippen molar-refractivity contribution in [2.24, 2.45) is 0 Å². The van der Waals surface area contributed by atoms with Crippen molar-refractivity contribution in [3.05, 3.63) is 69.8 Å². The van der Waals surface area contributed by atoms with Crippen molar-refractivity contribution in [1.82, 2.24) is 9.80 Å². The number of amides is 1. The number of carbonyl (C=O) groups is 1. The highest BCUT2D eigenvalue weighted by Crippen LogP contribution is 2.29. The molecule has 2 atom stereocenters. The van der Waals surface area contributed by atoms with Crippen LogP contribution in [0.15, 0.2) is 36.4 Å². The quantitative estimate of drug-likeness (QED) is 0.763. The minimum atomic E-state index is 0.249. The molecule has 2 aromatic rings. The van der Waals surface area contributed by atoms with Crippen molar-refractivity contribution in [3.8, 4) is 12.1 Å². The number of hydrogen-bond acceptors (Lipinski definition) is 4. The zero-order valence-corrected chi connectivity index (χ0v) is 17.7. The molecule has 156 valence electrons. The number of aryl methyl sites for hydroxylation is 2. The molecule has 1 heterocycles. The van der Waals surface area contributed by atoms with E-state index >= 15 is 0 Å². The van der Waals surface area contributed by atoms with Gasteiger partial charge in [-0.3, -0.25) is 9.69 Å². The number of nitriles is 2. The molecule has 0 saturated carbocycles. The van der Waals surface area contributed by atoms with Gasteiger partial charge in [0.1, 0.15) is 0 Å². The Balaban J connectivity index is 1.22. The molecular formula is C26H26N4O. The molecule has 1 aliphatic heterocycles. The van der Waals surface area contributed by atoms with Gasteiger partial charge in [0.05, 0.1) is 29.8 Å². The average Bonchev–Trinajstić information content (AvgIpc) is 2.82. The molecule has 1 saturated heterocycles. The van der Waals surface area contributed by atoms with E-state index in [9.17, 15) is 4.79 Å². The smallest absolute Gasteiger partial charge is 0.237 e. The van der Waals surface area contributed by atoms with Gasteiger partial charge in [0.2, 0.25) is 5.91 Å². The summed E-state index contributed by atoms with van der Waals surface area (Å²) in [6.07, 6.45) is 5.80. The van der Waals surface area contributed by atoms with Gasteiger partial charge in [0.15, 0.2) is 0 Å². The molecule has 0 spiro atoms. The fraction of sp³-hybridized carbons (Fsp3) is 0.423. The lowest BCUT2D eigenvalue weighted by atomic mass is 9.85. The number of piperazine rings is 1. The SMILES string of the molecule is N#Cc1ccc2c(c1)CCC(N1CCN([C@@H]3CCc4cc(C#N)ccc4C3)C(=O)C1)C2. The molecule has 0 aromatic heterocycles. The summed E-state index contributed by atoms with van der Waals surface area (Å²) in [6.45, 7) is 2.23. The van der Waals surface area contributed by atoms with Crippen molar-refractivity contribution < 1.29 is 4.79 Å². The summed E-state index contributed by atoms with van der Waals surface area (Å²) in [7, 11) is 0. The summed E-state index contributed by atoms with van der Waals surface area (Å²) in [5, 5.41) is 18.2. The van der Waals surface area contributed by atoms with Gasteiger partial charge >= 0.3 is 0 Å². The van der Waals surface area contributed by atoms with Gasteiger partial charge < -0.3 is 4.90 Å². The normalized spacial score (nSPS) is 23.4. The maximum atomic E-state index is 13.1. The van der Waals surface area contributed by atoms with E-state index < -0.39 is 0 Å². The molecule has 5 nitrogen and oxygen atoms in total. The summed E-state index contributed by atoms with van der Waals surface area (Å²) in [5.74, 6) is 0.249. The van der Waals surface area contributed by atoms with Crippen molar-refractivity contribution in [2.45, 2.75) is 50.6 Å². The molecule has 1 amide bonds. The topological polar surface area (TPSA) is 71.1 Å². The molecule has 0 bridgehead atoms. The van der Waals surface area contributed by atoms with Gasteiger partial charge in [-0.2, -0.15) is 10.5 Å². The molecular weight excluding hydrogens is 384 g/mol. The minimum absolute atomic E-state index is 0.249. The van der Waals surface area contributed by atoms with E-state index in [0.29, 0.717) is 12.6 Å². The Morgan fingerprint density at radius 3 is 1.94 bits per heavy atom. The third-order valence-electron chi connectivity index (χ3n) is 7.32. The first-order valence-electron chi connectivity index (χ1n) is 11.2. The van der Waals surface area contributed by atoms with Crippen LogP contribution < -0.4 is 0 Å². The maximum absolute atomic E-state index is 13.1. The first-order valence-corrected chi connectivity index (χ1v) is 11.2. The molecule has 0 radical (unpaired) electrons. The third-order valence-corrected chi connectivity index (χ3v) is 7.32. The van der Waals surface area contributed by atoms with E-state index in [0.717, 1.165) is 62.7 Å². The maximum Gasteiger partial charge on any atom is 0.237 e. The second-order valence-corrected chi connectivity index (χ2v) is 9.04. The summed E-state index contributed by atoms with van der Waals surface area (Å²) in [4.78, 5) is 17.6. The molecule has 2 aliphatic carbocycles. The molecule has 1 fully saturated rings. The summed E-state index contributed by atoms with van der Waals surface area (Å²) in [5.41, 5.74) is 6.62. The Morgan fingerprint density at radius 1 is 0.774 bits per heavy atom. The Bertz CT molecular complexity index is 1110. The van der Waals surface area contributed by atoms with Gasteiger partial charge in [-0.25, -0.2) is 0 Å². The fourth-order valence-corrected chi connectivity index (χ4v) is 5.59. The van der Waals surface area contributed by atoms with Crippen LogP contribution in [-0.4, -0.2) is 47.4 Å². The molecule has 0 N–H and O–H groups in total. The predicted molar refractivity (Wildman–Crippen MR) is 117 cm³/mol. The lowest BCUT2D eigenvalue weighted by molar-refractivity contribution is -0.140. The number of fused-ring (bicyclic) bond motifs is 2. The standard InChI is InChI=1S/C26H26N4O/c27-15-18-1-3-22-13-24(7-5-20(22)11-18)29-9-10-30(26(31)17-29)25-8-6-21-12-19(16-28)2-4-23(21)14-25/h1-4,11-12,24-25H,5-10,13-14,17H2/t24?,25-/m1/s1. The summed E-state index contributed by atoms with van der Waals surface area (Å²) in [6, 6.07) is 17.1. The lowest BCUT2D eigenvalue weighted by Gasteiger charge is -2.44. The second-order valence-electron chi connectivity index (χ2n) is 9.04. The van der Waals surface area contributed by atoms with Gasteiger partial charge in [-0.15, -0.1) is 0 Å². The van der Waals surface area contributed by atoms with E-state index in [4.69, 9.17) is 10.5 Å². The van der Waals surface area contributed by atoms with Crippen LogP contribution in [0, 0.1) is 22.7 Å². The van der Waals surface area contributed by atoms with Crippen LogP contribution in [0.5, 0.6) is 0 Å². The van der Waals surface area contributed by atoms with Crippen LogP contribution >= 0.6 is 0 Å². The number of rotatable bonds is 2. The van der Waals surface area contributed by atoms with Crippen molar-refractivity contribution in [3.63, 3.8) is 0 Å². The van der Waals surface area contributed by atoms with E-state index in [1.165, 1.54) is 22.3 Å². The van der Waals surface area contributed by atoms with Crippen molar-refractivity contribution >= 4 is 5.91 Å². The number of carbonyl (C=O) groups excluding carboxylic acids is 1. The van der Waals surface area contributed by atoms with E-state index in [-0.39, 0.29) is 11.9 Å². The highest BCUT2D eigenvalue weighted by Gasteiger charge is 2.35.